The van der Waals surface area contributed by atoms with Gasteiger partial charge in [0.1, 0.15) is 11.6 Å². The van der Waals surface area contributed by atoms with Crippen LogP contribution in [-0.2, 0) is 31.4 Å². The van der Waals surface area contributed by atoms with Crippen LogP contribution in [0, 0.1) is 0 Å². The van der Waals surface area contributed by atoms with Crippen molar-refractivity contribution in [2.45, 2.75) is 51.7 Å². The fraction of sp³-hybridized carbons (Fsp3) is 0.500. The first-order valence-corrected chi connectivity index (χ1v) is 12.0. The van der Waals surface area contributed by atoms with Gasteiger partial charge in [-0.2, -0.15) is 0 Å². The van der Waals surface area contributed by atoms with E-state index in [2.05, 4.69) is 51.9 Å². The Morgan fingerprint density at radius 2 is 1.97 bits per heavy atom. The van der Waals surface area contributed by atoms with Crippen molar-refractivity contribution in [3.63, 3.8) is 0 Å². The van der Waals surface area contributed by atoms with Crippen LogP contribution in [0.5, 0.6) is 0 Å². The van der Waals surface area contributed by atoms with Gasteiger partial charge in [0, 0.05) is 70.2 Å². The molecule has 0 N–H and O–H groups in total. The molecule has 1 aromatic carbocycles. The molecule has 1 saturated heterocycles. The highest BCUT2D eigenvalue weighted by Crippen LogP contribution is 2.35. The van der Waals surface area contributed by atoms with Gasteiger partial charge in [-0.1, -0.05) is 24.6 Å². The Hall–Kier alpha value is -2.93. The second-order valence-corrected chi connectivity index (χ2v) is 9.68. The lowest BCUT2D eigenvalue weighted by Gasteiger charge is -2.36. The second kappa shape index (κ2) is 8.78. The molecular formula is C26H34N6O. The van der Waals surface area contributed by atoms with Crippen LogP contribution in [0.15, 0.2) is 30.5 Å². The Bertz CT molecular complexity index is 1180. The van der Waals surface area contributed by atoms with Gasteiger partial charge in [-0.05, 0) is 31.0 Å². The number of nitrogens with zero attached hydrogens (tertiary/aromatic N) is 6. The molecule has 1 amide bonds. The molecule has 1 fully saturated rings. The predicted octanol–water partition coefficient (Wildman–Crippen LogP) is 3.67. The number of fused-ring (bicyclic) bond motifs is 2. The normalized spacial score (nSPS) is 19.0. The van der Waals surface area contributed by atoms with Crippen molar-refractivity contribution in [3.8, 4) is 0 Å². The molecule has 2 aromatic heterocycles. The largest absolute Gasteiger partial charge is 0.362 e. The summed E-state index contributed by atoms with van der Waals surface area (Å²) >= 11 is 0. The number of likely N-dealkylation sites (tertiary alicyclic amines) is 1. The van der Waals surface area contributed by atoms with Crippen molar-refractivity contribution < 1.29 is 4.79 Å². The lowest BCUT2D eigenvalue weighted by molar-refractivity contribution is -0.129. The predicted molar refractivity (Wildman–Crippen MR) is 131 cm³/mol. The molecule has 0 saturated carbocycles. The van der Waals surface area contributed by atoms with E-state index in [1.807, 2.05) is 19.0 Å². The monoisotopic (exact) mass is 446 g/mol. The number of aryl methyl sites for hydroxylation is 1. The van der Waals surface area contributed by atoms with Gasteiger partial charge >= 0.3 is 0 Å². The van der Waals surface area contributed by atoms with Crippen LogP contribution in [0.3, 0.4) is 0 Å². The molecular weight excluding hydrogens is 412 g/mol. The first-order chi connectivity index (χ1) is 15.9. The molecule has 5 rings (SSSR count). The molecule has 0 bridgehead atoms. The first kappa shape index (κ1) is 21.9. The minimum atomic E-state index is 0.114. The molecule has 0 aliphatic carbocycles. The lowest BCUT2D eigenvalue weighted by Crippen LogP contribution is -2.38. The summed E-state index contributed by atoms with van der Waals surface area (Å²) < 4.78 is 2.23. The Morgan fingerprint density at radius 3 is 2.76 bits per heavy atom. The van der Waals surface area contributed by atoms with E-state index in [4.69, 9.17) is 9.97 Å². The molecule has 3 aromatic rings. The number of carbonyl (C=O) groups excluding carboxylic acids is 1. The number of amides is 1. The van der Waals surface area contributed by atoms with E-state index < -0.39 is 0 Å². The summed E-state index contributed by atoms with van der Waals surface area (Å²) in [5.41, 5.74) is 4.84. The lowest BCUT2D eigenvalue weighted by atomic mass is 9.99. The van der Waals surface area contributed by atoms with Crippen molar-refractivity contribution in [2.24, 2.45) is 7.05 Å². The smallest absolute Gasteiger partial charge is 0.219 e. The number of aromatic nitrogens is 3. The van der Waals surface area contributed by atoms with Crippen molar-refractivity contribution in [1.29, 1.82) is 0 Å². The topological polar surface area (TPSA) is 57.5 Å². The molecule has 0 radical (unpaired) electrons. The van der Waals surface area contributed by atoms with Gasteiger partial charge in [0.25, 0.3) is 0 Å². The van der Waals surface area contributed by atoms with E-state index in [0.29, 0.717) is 6.54 Å². The van der Waals surface area contributed by atoms with Crippen molar-refractivity contribution in [3.05, 3.63) is 53.1 Å². The van der Waals surface area contributed by atoms with Crippen molar-refractivity contribution >= 4 is 22.6 Å². The van der Waals surface area contributed by atoms with E-state index in [-0.39, 0.29) is 11.9 Å². The fourth-order valence-corrected chi connectivity index (χ4v) is 5.45. The summed E-state index contributed by atoms with van der Waals surface area (Å²) in [5.74, 6) is 2.01. The molecule has 2 aliphatic rings. The summed E-state index contributed by atoms with van der Waals surface area (Å²) in [5, 5.41) is 1.33. The minimum Gasteiger partial charge on any atom is -0.362 e. The molecule has 1 unspecified atom stereocenters. The average molecular weight is 447 g/mol. The number of piperidine rings is 1. The molecule has 2 aliphatic heterocycles. The van der Waals surface area contributed by atoms with Crippen molar-refractivity contribution in [1.82, 2.24) is 24.3 Å². The molecule has 1 atom stereocenters. The van der Waals surface area contributed by atoms with Crippen LogP contribution in [0.2, 0.25) is 0 Å². The standard InChI is InChI=1S/C26H34N6O/c1-18(33)31-14-12-22-21(17-31)26(29(2)3)28-25(27-22)24-11-7-8-13-32(24)16-19-15-30(4)23-10-6-5-9-20(19)23/h5-6,9-10,15,24H,7-8,11-14,16-17H2,1-4H3. The number of benzene rings is 1. The van der Waals surface area contributed by atoms with Crippen LogP contribution >= 0.6 is 0 Å². The van der Waals surface area contributed by atoms with Crippen LogP contribution in [0.4, 0.5) is 5.82 Å². The molecule has 7 heteroatoms. The van der Waals surface area contributed by atoms with Gasteiger partial charge in [-0.25, -0.2) is 9.97 Å². The highest BCUT2D eigenvalue weighted by Gasteiger charge is 2.31. The summed E-state index contributed by atoms with van der Waals surface area (Å²) in [6, 6.07) is 8.86. The maximum absolute atomic E-state index is 12.0. The third-order valence-corrected chi connectivity index (χ3v) is 7.19. The fourth-order valence-electron chi connectivity index (χ4n) is 5.45. The third kappa shape index (κ3) is 4.10. The van der Waals surface area contributed by atoms with Crippen molar-refractivity contribution in [2.75, 3.05) is 32.1 Å². The van der Waals surface area contributed by atoms with Gasteiger partial charge in [0.15, 0.2) is 0 Å². The quantitative estimate of drug-likeness (QED) is 0.612. The van der Waals surface area contributed by atoms with E-state index in [1.54, 1.807) is 6.92 Å². The van der Waals surface area contributed by atoms with Gasteiger partial charge in [0.05, 0.1) is 18.3 Å². The van der Waals surface area contributed by atoms with E-state index in [0.717, 1.165) is 55.4 Å². The molecule has 7 nitrogen and oxygen atoms in total. The highest BCUT2D eigenvalue weighted by molar-refractivity contribution is 5.83. The third-order valence-electron chi connectivity index (χ3n) is 7.19. The Kier molecular flexibility index (Phi) is 5.83. The van der Waals surface area contributed by atoms with E-state index in [9.17, 15) is 4.79 Å². The second-order valence-electron chi connectivity index (χ2n) is 9.68. The van der Waals surface area contributed by atoms with Gasteiger partial charge in [-0.15, -0.1) is 0 Å². The Labute approximate surface area is 196 Å². The number of anilines is 1. The van der Waals surface area contributed by atoms with Gasteiger partial charge < -0.3 is 14.4 Å². The number of hydrogen-bond donors (Lipinski definition) is 0. The number of rotatable bonds is 4. The van der Waals surface area contributed by atoms with Crippen LogP contribution in [0.1, 0.15) is 54.9 Å². The Balaban J connectivity index is 1.49. The zero-order chi connectivity index (χ0) is 23.1. The maximum atomic E-state index is 12.0. The number of carbonyl (C=O) groups is 1. The zero-order valence-corrected chi connectivity index (χ0v) is 20.2. The first-order valence-electron chi connectivity index (χ1n) is 12.0. The average Bonchev–Trinajstić information content (AvgIpc) is 3.13. The van der Waals surface area contributed by atoms with E-state index in [1.165, 1.54) is 29.3 Å². The zero-order valence-electron chi connectivity index (χ0n) is 20.2. The maximum Gasteiger partial charge on any atom is 0.219 e. The van der Waals surface area contributed by atoms with E-state index >= 15 is 0 Å². The highest BCUT2D eigenvalue weighted by atomic mass is 16.2. The SMILES string of the molecule is CC(=O)N1CCc2nc(C3CCCCN3Cc3cn(C)c4ccccc34)nc(N(C)C)c2C1. The van der Waals surface area contributed by atoms with Crippen LogP contribution < -0.4 is 4.90 Å². The Morgan fingerprint density at radius 1 is 1.15 bits per heavy atom. The summed E-state index contributed by atoms with van der Waals surface area (Å²) in [4.78, 5) is 28.7. The molecule has 174 valence electrons. The van der Waals surface area contributed by atoms with Gasteiger partial charge in [0.2, 0.25) is 5.91 Å². The van der Waals surface area contributed by atoms with Gasteiger partial charge in [-0.3, -0.25) is 9.69 Å². The summed E-state index contributed by atoms with van der Waals surface area (Å²) in [7, 11) is 6.20. The summed E-state index contributed by atoms with van der Waals surface area (Å²) in [6.07, 6.45) is 6.55. The number of para-hydroxylation sites is 1. The minimum absolute atomic E-state index is 0.114. The van der Waals surface area contributed by atoms with Crippen LogP contribution in [0.25, 0.3) is 10.9 Å². The van der Waals surface area contributed by atoms with Crippen LogP contribution in [-0.4, -0.2) is 57.4 Å². The molecule has 33 heavy (non-hydrogen) atoms. The summed E-state index contributed by atoms with van der Waals surface area (Å²) in [6.45, 7) is 4.94. The molecule has 4 heterocycles. The number of hydrogen-bond acceptors (Lipinski definition) is 5. The molecule has 0 spiro atoms.